The molecule has 0 saturated heterocycles. The molecular weight excluding hydrogens is 267 g/mol. The van der Waals surface area contributed by atoms with Gasteiger partial charge in [0.05, 0.1) is 0 Å². The van der Waals surface area contributed by atoms with E-state index in [1.807, 2.05) is 37.3 Å². The number of carbonyl (C=O) groups is 1. The van der Waals surface area contributed by atoms with Crippen molar-refractivity contribution in [2.75, 3.05) is 6.54 Å². The molecule has 1 unspecified atom stereocenters. The third kappa shape index (κ3) is 4.87. The Kier molecular flexibility index (Phi) is 6.05. The van der Waals surface area contributed by atoms with Gasteiger partial charge in [-0.3, -0.25) is 4.79 Å². The van der Waals surface area contributed by atoms with Crippen LogP contribution in [0.3, 0.4) is 0 Å². The minimum absolute atomic E-state index is 0.142. The molecule has 0 heterocycles. The van der Waals surface area contributed by atoms with E-state index in [2.05, 4.69) is 0 Å². The van der Waals surface area contributed by atoms with Crippen LogP contribution in [0.15, 0.2) is 30.3 Å². The van der Waals surface area contributed by atoms with Gasteiger partial charge in [-0.2, -0.15) is 13.2 Å². The molecule has 112 valence electrons. The van der Waals surface area contributed by atoms with Gasteiger partial charge in [0.2, 0.25) is 0 Å². The Balaban J connectivity index is 2.79. The number of hydrogen-bond acceptors (Lipinski definition) is 1. The van der Waals surface area contributed by atoms with Gasteiger partial charge in [0.25, 0.3) is 0 Å². The third-order valence-corrected chi connectivity index (χ3v) is 3.16. The Morgan fingerprint density at radius 1 is 1.25 bits per heavy atom. The molecule has 0 aliphatic carbocycles. The molecule has 0 aromatic heterocycles. The Hall–Kier alpha value is -1.52. The molecule has 5 heteroatoms. The molecule has 0 spiro atoms. The molecule has 1 atom stereocenters. The zero-order valence-electron chi connectivity index (χ0n) is 11.8. The van der Waals surface area contributed by atoms with Gasteiger partial charge in [-0.15, -0.1) is 0 Å². The SMILES string of the molecule is CCCCN(C(=O)C(F)(F)F)C(C)Cc1ccccc1. The van der Waals surface area contributed by atoms with Gasteiger partial charge < -0.3 is 4.90 Å². The summed E-state index contributed by atoms with van der Waals surface area (Å²) in [5.41, 5.74) is 0.927. The quantitative estimate of drug-likeness (QED) is 0.779. The standard InChI is InChI=1S/C15H20F3NO/c1-3-4-10-19(14(20)15(16,17)18)12(2)11-13-8-6-5-7-9-13/h5-9,12H,3-4,10-11H2,1-2H3. The molecular formula is C15H20F3NO. The molecule has 0 aliphatic rings. The lowest BCUT2D eigenvalue weighted by Crippen LogP contribution is -2.47. The summed E-state index contributed by atoms with van der Waals surface area (Å²) in [6.45, 7) is 3.69. The van der Waals surface area contributed by atoms with Crippen molar-refractivity contribution in [3.63, 3.8) is 0 Å². The number of rotatable bonds is 6. The number of halogens is 3. The van der Waals surface area contributed by atoms with Crippen LogP contribution in [-0.2, 0) is 11.2 Å². The first-order valence-electron chi connectivity index (χ1n) is 6.78. The summed E-state index contributed by atoms with van der Waals surface area (Å²) in [6.07, 6.45) is -3.06. The molecule has 0 N–H and O–H groups in total. The largest absolute Gasteiger partial charge is 0.471 e. The van der Waals surface area contributed by atoms with Crippen molar-refractivity contribution in [2.45, 2.75) is 45.3 Å². The number of benzene rings is 1. The number of unbranched alkanes of at least 4 members (excludes halogenated alkanes) is 1. The van der Waals surface area contributed by atoms with E-state index in [4.69, 9.17) is 0 Å². The summed E-state index contributed by atoms with van der Waals surface area (Å²) in [5.74, 6) is -1.74. The predicted molar refractivity (Wildman–Crippen MR) is 72.3 cm³/mol. The van der Waals surface area contributed by atoms with Gasteiger partial charge in [-0.05, 0) is 25.3 Å². The van der Waals surface area contributed by atoms with Crippen LogP contribution in [0.4, 0.5) is 13.2 Å². The topological polar surface area (TPSA) is 20.3 Å². The average molecular weight is 287 g/mol. The van der Waals surface area contributed by atoms with Crippen molar-refractivity contribution in [3.05, 3.63) is 35.9 Å². The van der Waals surface area contributed by atoms with Gasteiger partial charge in [0.15, 0.2) is 0 Å². The highest BCUT2D eigenvalue weighted by Crippen LogP contribution is 2.21. The fourth-order valence-electron chi connectivity index (χ4n) is 2.08. The van der Waals surface area contributed by atoms with Crippen molar-refractivity contribution >= 4 is 5.91 Å². The Morgan fingerprint density at radius 3 is 2.35 bits per heavy atom. The van der Waals surface area contributed by atoms with Gasteiger partial charge in [-0.25, -0.2) is 0 Å². The lowest BCUT2D eigenvalue weighted by molar-refractivity contribution is -0.187. The van der Waals surface area contributed by atoms with Crippen LogP contribution < -0.4 is 0 Å². The second kappa shape index (κ2) is 7.31. The average Bonchev–Trinajstić information content (AvgIpc) is 2.39. The van der Waals surface area contributed by atoms with Gasteiger partial charge >= 0.3 is 12.1 Å². The highest BCUT2D eigenvalue weighted by molar-refractivity contribution is 5.82. The number of nitrogens with zero attached hydrogens (tertiary/aromatic N) is 1. The van der Waals surface area contributed by atoms with Crippen molar-refractivity contribution < 1.29 is 18.0 Å². The molecule has 0 aliphatic heterocycles. The smallest absolute Gasteiger partial charge is 0.332 e. The first-order chi connectivity index (χ1) is 9.36. The molecule has 1 aromatic carbocycles. The summed E-state index contributed by atoms with van der Waals surface area (Å²) in [5, 5.41) is 0. The third-order valence-electron chi connectivity index (χ3n) is 3.16. The van der Waals surface area contributed by atoms with Gasteiger partial charge in [0, 0.05) is 12.6 Å². The first kappa shape index (κ1) is 16.5. The van der Waals surface area contributed by atoms with Crippen molar-refractivity contribution in [2.24, 2.45) is 0 Å². The van der Waals surface area contributed by atoms with Gasteiger partial charge in [0.1, 0.15) is 0 Å². The second-order valence-electron chi connectivity index (χ2n) is 4.89. The van der Waals surface area contributed by atoms with Crippen LogP contribution in [0.1, 0.15) is 32.3 Å². The molecule has 0 saturated carbocycles. The molecule has 0 radical (unpaired) electrons. The molecule has 1 aromatic rings. The molecule has 2 nitrogen and oxygen atoms in total. The number of carbonyl (C=O) groups excluding carboxylic acids is 1. The number of hydrogen-bond donors (Lipinski definition) is 0. The van der Waals surface area contributed by atoms with E-state index in [1.165, 1.54) is 0 Å². The molecule has 0 bridgehead atoms. The van der Waals surface area contributed by atoms with E-state index >= 15 is 0 Å². The highest BCUT2D eigenvalue weighted by atomic mass is 19.4. The van der Waals surface area contributed by atoms with E-state index < -0.39 is 18.1 Å². The monoisotopic (exact) mass is 287 g/mol. The lowest BCUT2D eigenvalue weighted by atomic mass is 10.1. The maximum atomic E-state index is 12.6. The zero-order chi connectivity index (χ0) is 15.2. The van der Waals surface area contributed by atoms with Crippen LogP contribution in [0.2, 0.25) is 0 Å². The summed E-state index contributed by atoms with van der Waals surface area (Å²) >= 11 is 0. The van der Waals surface area contributed by atoms with Crippen LogP contribution in [0.25, 0.3) is 0 Å². The highest BCUT2D eigenvalue weighted by Gasteiger charge is 2.43. The van der Waals surface area contributed by atoms with Crippen LogP contribution >= 0.6 is 0 Å². The normalized spacial score (nSPS) is 13.1. The van der Waals surface area contributed by atoms with E-state index in [9.17, 15) is 18.0 Å². The molecule has 0 fully saturated rings. The summed E-state index contributed by atoms with van der Waals surface area (Å²) in [6, 6.07) is 8.76. The maximum Gasteiger partial charge on any atom is 0.471 e. The fraction of sp³-hybridized carbons (Fsp3) is 0.533. The maximum absolute atomic E-state index is 12.6. The molecule has 1 amide bonds. The molecule has 1 rings (SSSR count). The van der Waals surface area contributed by atoms with Gasteiger partial charge in [-0.1, -0.05) is 43.7 Å². The summed E-state index contributed by atoms with van der Waals surface area (Å²) in [4.78, 5) is 12.4. The van der Waals surface area contributed by atoms with Crippen molar-refractivity contribution in [1.29, 1.82) is 0 Å². The number of amides is 1. The van der Waals surface area contributed by atoms with Crippen LogP contribution in [0, 0.1) is 0 Å². The minimum atomic E-state index is -4.81. The van der Waals surface area contributed by atoms with Crippen LogP contribution in [0.5, 0.6) is 0 Å². The lowest BCUT2D eigenvalue weighted by Gasteiger charge is -2.30. The Bertz CT molecular complexity index is 417. The Morgan fingerprint density at radius 2 is 1.85 bits per heavy atom. The molecule has 20 heavy (non-hydrogen) atoms. The van der Waals surface area contributed by atoms with Crippen molar-refractivity contribution in [3.8, 4) is 0 Å². The number of alkyl halides is 3. The van der Waals surface area contributed by atoms with E-state index in [1.54, 1.807) is 6.92 Å². The fourth-order valence-corrected chi connectivity index (χ4v) is 2.08. The zero-order valence-corrected chi connectivity index (χ0v) is 11.8. The van der Waals surface area contributed by atoms with Crippen molar-refractivity contribution in [1.82, 2.24) is 4.90 Å². The van der Waals surface area contributed by atoms with Crippen LogP contribution in [-0.4, -0.2) is 29.6 Å². The summed E-state index contributed by atoms with van der Waals surface area (Å²) < 4.78 is 37.9. The van der Waals surface area contributed by atoms with E-state index in [-0.39, 0.29) is 6.54 Å². The second-order valence-corrected chi connectivity index (χ2v) is 4.89. The van der Waals surface area contributed by atoms with E-state index in [0.29, 0.717) is 12.8 Å². The summed E-state index contributed by atoms with van der Waals surface area (Å²) in [7, 11) is 0. The predicted octanol–water partition coefficient (Wildman–Crippen LogP) is 3.81. The minimum Gasteiger partial charge on any atom is -0.332 e. The first-order valence-corrected chi connectivity index (χ1v) is 6.78. The Labute approximate surface area is 117 Å². The van der Waals surface area contributed by atoms with E-state index in [0.717, 1.165) is 16.9 Å².